The SMILES string of the molecule is CCCNC(c1ccc(F)cc1)c1cccc(OC)c1. The Labute approximate surface area is 119 Å². The molecule has 0 amide bonds. The first-order chi connectivity index (χ1) is 9.74. The zero-order valence-corrected chi connectivity index (χ0v) is 11.9. The standard InChI is InChI=1S/C17H20FNO/c1-3-11-19-17(13-7-9-15(18)10-8-13)14-5-4-6-16(12-14)20-2/h4-10,12,17,19H,3,11H2,1-2H3. The highest BCUT2D eigenvalue weighted by Crippen LogP contribution is 2.25. The predicted octanol–water partition coefficient (Wildman–Crippen LogP) is 3.92. The second kappa shape index (κ2) is 7.06. The molecule has 20 heavy (non-hydrogen) atoms. The number of nitrogens with one attached hydrogen (secondary N) is 1. The van der Waals surface area contributed by atoms with E-state index in [9.17, 15) is 4.39 Å². The fourth-order valence-corrected chi connectivity index (χ4v) is 2.19. The lowest BCUT2D eigenvalue weighted by molar-refractivity contribution is 0.413. The molecule has 0 aromatic heterocycles. The first-order valence-electron chi connectivity index (χ1n) is 6.87. The number of hydrogen-bond donors (Lipinski definition) is 1. The quantitative estimate of drug-likeness (QED) is 0.861. The van der Waals surface area contributed by atoms with Gasteiger partial charge in [-0.3, -0.25) is 0 Å². The van der Waals surface area contributed by atoms with Crippen LogP contribution >= 0.6 is 0 Å². The van der Waals surface area contributed by atoms with E-state index >= 15 is 0 Å². The largest absolute Gasteiger partial charge is 0.497 e. The predicted molar refractivity (Wildman–Crippen MR) is 79.5 cm³/mol. The summed E-state index contributed by atoms with van der Waals surface area (Å²) >= 11 is 0. The van der Waals surface area contributed by atoms with Crippen molar-refractivity contribution in [3.8, 4) is 5.75 Å². The number of hydrogen-bond acceptors (Lipinski definition) is 2. The van der Waals surface area contributed by atoms with Gasteiger partial charge in [-0.15, -0.1) is 0 Å². The van der Waals surface area contributed by atoms with Gasteiger partial charge >= 0.3 is 0 Å². The molecule has 0 saturated heterocycles. The fourth-order valence-electron chi connectivity index (χ4n) is 2.19. The summed E-state index contributed by atoms with van der Waals surface area (Å²) in [6, 6.07) is 14.6. The molecule has 106 valence electrons. The van der Waals surface area contributed by atoms with Crippen LogP contribution in [0.5, 0.6) is 5.75 Å². The van der Waals surface area contributed by atoms with Crippen molar-refractivity contribution in [1.82, 2.24) is 5.32 Å². The van der Waals surface area contributed by atoms with E-state index in [4.69, 9.17) is 4.74 Å². The minimum atomic E-state index is -0.214. The highest BCUT2D eigenvalue weighted by molar-refractivity contribution is 5.36. The molecule has 0 bridgehead atoms. The molecule has 0 aliphatic carbocycles. The van der Waals surface area contributed by atoms with Gasteiger partial charge in [0.05, 0.1) is 13.2 Å². The average Bonchev–Trinajstić information content (AvgIpc) is 2.49. The molecule has 2 nitrogen and oxygen atoms in total. The maximum absolute atomic E-state index is 13.1. The molecule has 0 radical (unpaired) electrons. The van der Waals surface area contributed by atoms with E-state index in [2.05, 4.69) is 18.3 Å². The van der Waals surface area contributed by atoms with Crippen molar-refractivity contribution in [1.29, 1.82) is 0 Å². The maximum Gasteiger partial charge on any atom is 0.123 e. The summed E-state index contributed by atoms with van der Waals surface area (Å²) in [6.45, 7) is 3.03. The van der Waals surface area contributed by atoms with Crippen LogP contribution in [0.1, 0.15) is 30.5 Å². The van der Waals surface area contributed by atoms with Gasteiger partial charge in [0, 0.05) is 0 Å². The molecule has 0 aliphatic heterocycles. The Bertz CT molecular complexity index is 539. The minimum Gasteiger partial charge on any atom is -0.497 e. The Morgan fingerprint density at radius 2 is 1.85 bits per heavy atom. The molecule has 1 unspecified atom stereocenters. The summed E-state index contributed by atoms with van der Waals surface area (Å²) in [6.07, 6.45) is 1.04. The molecular weight excluding hydrogens is 253 g/mol. The van der Waals surface area contributed by atoms with Crippen LogP contribution in [0.15, 0.2) is 48.5 Å². The third-order valence-corrected chi connectivity index (χ3v) is 3.23. The third-order valence-electron chi connectivity index (χ3n) is 3.23. The van der Waals surface area contributed by atoms with Crippen LogP contribution in [-0.2, 0) is 0 Å². The minimum absolute atomic E-state index is 0.0469. The number of ether oxygens (including phenoxy) is 1. The van der Waals surface area contributed by atoms with Crippen molar-refractivity contribution >= 4 is 0 Å². The summed E-state index contributed by atoms with van der Waals surface area (Å²) in [4.78, 5) is 0. The Hall–Kier alpha value is -1.87. The molecular formula is C17H20FNO. The molecule has 1 N–H and O–H groups in total. The van der Waals surface area contributed by atoms with Crippen LogP contribution in [0.2, 0.25) is 0 Å². The lowest BCUT2D eigenvalue weighted by atomic mass is 9.98. The summed E-state index contributed by atoms with van der Waals surface area (Å²) < 4.78 is 18.4. The van der Waals surface area contributed by atoms with Crippen LogP contribution in [0.25, 0.3) is 0 Å². The van der Waals surface area contributed by atoms with E-state index in [1.54, 1.807) is 7.11 Å². The van der Waals surface area contributed by atoms with E-state index in [0.717, 1.165) is 29.8 Å². The molecule has 2 aromatic carbocycles. The Kier molecular flexibility index (Phi) is 5.13. The molecule has 0 spiro atoms. The van der Waals surface area contributed by atoms with E-state index in [1.165, 1.54) is 12.1 Å². The molecule has 2 rings (SSSR count). The lowest BCUT2D eigenvalue weighted by Crippen LogP contribution is -2.23. The van der Waals surface area contributed by atoms with Gasteiger partial charge in [0.15, 0.2) is 0 Å². The van der Waals surface area contributed by atoms with E-state index in [-0.39, 0.29) is 11.9 Å². The van der Waals surface area contributed by atoms with E-state index in [0.29, 0.717) is 0 Å². The van der Waals surface area contributed by atoms with Crippen LogP contribution in [0, 0.1) is 5.82 Å². The van der Waals surface area contributed by atoms with Crippen molar-refractivity contribution in [2.75, 3.05) is 13.7 Å². The Morgan fingerprint density at radius 1 is 1.10 bits per heavy atom. The Balaban J connectivity index is 2.32. The summed E-state index contributed by atoms with van der Waals surface area (Å²) in [5.41, 5.74) is 2.16. The van der Waals surface area contributed by atoms with Gasteiger partial charge in [-0.25, -0.2) is 4.39 Å². The van der Waals surface area contributed by atoms with Crippen LogP contribution < -0.4 is 10.1 Å². The van der Waals surface area contributed by atoms with Crippen molar-refractivity contribution in [2.24, 2.45) is 0 Å². The van der Waals surface area contributed by atoms with Gasteiger partial charge < -0.3 is 10.1 Å². The first-order valence-corrected chi connectivity index (χ1v) is 6.87. The van der Waals surface area contributed by atoms with Crippen molar-refractivity contribution < 1.29 is 9.13 Å². The smallest absolute Gasteiger partial charge is 0.123 e. The Morgan fingerprint density at radius 3 is 2.50 bits per heavy atom. The van der Waals surface area contributed by atoms with Crippen molar-refractivity contribution in [3.63, 3.8) is 0 Å². The van der Waals surface area contributed by atoms with Gasteiger partial charge in [-0.2, -0.15) is 0 Å². The third kappa shape index (κ3) is 3.58. The maximum atomic E-state index is 13.1. The molecule has 3 heteroatoms. The molecule has 0 heterocycles. The van der Waals surface area contributed by atoms with Gasteiger partial charge in [0.2, 0.25) is 0 Å². The molecule has 0 saturated carbocycles. The summed E-state index contributed by atoms with van der Waals surface area (Å²) in [7, 11) is 1.66. The molecule has 0 aliphatic rings. The zero-order valence-electron chi connectivity index (χ0n) is 11.9. The average molecular weight is 273 g/mol. The number of methoxy groups -OCH3 is 1. The fraction of sp³-hybridized carbons (Fsp3) is 0.294. The zero-order chi connectivity index (χ0) is 14.4. The van der Waals surface area contributed by atoms with Crippen molar-refractivity contribution in [2.45, 2.75) is 19.4 Å². The number of rotatable bonds is 6. The number of halogens is 1. The van der Waals surface area contributed by atoms with Gasteiger partial charge in [0.25, 0.3) is 0 Å². The summed E-state index contributed by atoms with van der Waals surface area (Å²) in [5, 5.41) is 3.49. The van der Waals surface area contributed by atoms with Gasteiger partial charge in [-0.1, -0.05) is 31.2 Å². The highest BCUT2D eigenvalue weighted by atomic mass is 19.1. The first kappa shape index (κ1) is 14.5. The van der Waals surface area contributed by atoms with E-state index in [1.807, 2.05) is 30.3 Å². The monoisotopic (exact) mass is 273 g/mol. The van der Waals surface area contributed by atoms with Gasteiger partial charge in [0.1, 0.15) is 11.6 Å². The van der Waals surface area contributed by atoms with Crippen LogP contribution in [0.4, 0.5) is 4.39 Å². The van der Waals surface area contributed by atoms with Crippen molar-refractivity contribution in [3.05, 3.63) is 65.5 Å². The molecule has 2 aromatic rings. The van der Waals surface area contributed by atoms with Crippen LogP contribution in [0.3, 0.4) is 0 Å². The van der Waals surface area contributed by atoms with Crippen LogP contribution in [-0.4, -0.2) is 13.7 Å². The normalized spacial score (nSPS) is 12.2. The molecule has 0 fully saturated rings. The van der Waals surface area contributed by atoms with E-state index < -0.39 is 0 Å². The van der Waals surface area contributed by atoms with Gasteiger partial charge in [-0.05, 0) is 48.4 Å². The topological polar surface area (TPSA) is 21.3 Å². The summed E-state index contributed by atoms with van der Waals surface area (Å²) in [5.74, 6) is 0.613. The highest BCUT2D eigenvalue weighted by Gasteiger charge is 2.13. The second-order valence-corrected chi connectivity index (χ2v) is 4.72. The molecule has 1 atom stereocenters. The number of benzene rings is 2. The second-order valence-electron chi connectivity index (χ2n) is 4.72. The lowest BCUT2D eigenvalue weighted by Gasteiger charge is -2.20.